The SMILES string of the molecule is CC1CCCCC1NC(=O)/C=C/c1ccccc1OC(F)F. The van der Waals surface area contributed by atoms with E-state index in [0.29, 0.717) is 11.5 Å². The minimum absolute atomic E-state index is 0.0626. The zero-order valence-corrected chi connectivity index (χ0v) is 12.6. The Morgan fingerprint density at radius 1 is 1.32 bits per heavy atom. The summed E-state index contributed by atoms with van der Waals surface area (Å²) < 4.78 is 29.1. The molecule has 22 heavy (non-hydrogen) atoms. The van der Waals surface area contributed by atoms with Gasteiger partial charge in [-0.25, -0.2) is 0 Å². The lowest BCUT2D eigenvalue weighted by Crippen LogP contribution is -2.40. The highest BCUT2D eigenvalue weighted by Gasteiger charge is 2.21. The van der Waals surface area contributed by atoms with Gasteiger partial charge in [0, 0.05) is 17.7 Å². The third-order valence-electron chi connectivity index (χ3n) is 3.99. The van der Waals surface area contributed by atoms with E-state index in [9.17, 15) is 13.6 Å². The maximum absolute atomic E-state index is 12.3. The summed E-state index contributed by atoms with van der Waals surface area (Å²) in [4.78, 5) is 12.0. The Balaban J connectivity index is 1.97. The van der Waals surface area contributed by atoms with Gasteiger partial charge in [0.15, 0.2) is 0 Å². The van der Waals surface area contributed by atoms with Gasteiger partial charge >= 0.3 is 6.61 Å². The molecule has 1 aromatic carbocycles. The van der Waals surface area contributed by atoms with Crippen molar-refractivity contribution in [3.8, 4) is 5.75 Å². The van der Waals surface area contributed by atoms with E-state index in [0.717, 1.165) is 19.3 Å². The Bertz CT molecular complexity index is 531. The van der Waals surface area contributed by atoms with Gasteiger partial charge in [-0.2, -0.15) is 8.78 Å². The summed E-state index contributed by atoms with van der Waals surface area (Å²) in [5.74, 6) is 0.332. The van der Waals surface area contributed by atoms with Crippen LogP contribution < -0.4 is 10.1 Å². The molecule has 1 saturated carbocycles. The van der Waals surface area contributed by atoms with Crippen molar-refractivity contribution in [2.75, 3.05) is 0 Å². The van der Waals surface area contributed by atoms with Gasteiger partial charge in [0.05, 0.1) is 0 Å². The Morgan fingerprint density at radius 3 is 2.77 bits per heavy atom. The zero-order valence-electron chi connectivity index (χ0n) is 12.6. The van der Waals surface area contributed by atoms with Crippen LogP contribution in [0.1, 0.15) is 38.2 Å². The summed E-state index contributed by atoms with van der Waals surface area (Å²) in [7, 11) is 0. The monoisotopic (exact) mass is 309 g/mol. The van der Waals surface area contributed by atoms with Crippen molar-refractivity contribution < 1.29 is 18.3 Å². The Hall–Kier alpha value is -1.91. The average molecular weight is 309 g/mol. The van der Waals surface area contributed by atoms with Gasteiger partial charge < -0.3 is 10.1 Å². The van der Waals surface area contributed by atoms with Gasteiger partial charge in [-0.3, -0.25) is 4.79 Å². The molecule has 0 saturated heterocycles. The van der Waals surface area contributed by atoms with Crippen LogP contribution in [-0.4, -0.2) is 18.6 Å². The lowest BCUT2D eigenvalue weighted by molar-refractivity contribution is -0.117. The molecule has 0 aliphatic heterocycles. The number of ether oxygens (including phenoxy) is 1. The number of halogens is 2. The molecule has 1 aromatic rings. The first kappa shape index (κ1) is 16.5. The van der Waals surface area contributed by atoms with Crippen LogP contribution in [-0.2, 0) is 4.79 Å². The summed E-state index contributed by atoms with van der Waals surface area (Å²) in [5.41, 5.74) is 0.453. The molecule has 2 rings (SSSR count). The zero-order chi connectivity index (χ0) is 15.9. The molecule has 5 heteroatoms. The summed E-state index contributed by atoms with van der Waals surface area (Å²) in [5, 5.41) is 2.98. The Morgan fingerprint density at radius 2 is 2.05 bits per heavy atom. The number of hydrogen-bond donors (Lipinski definition) is 1. The highest BCUT2D eigenvalue weighted by Crippen LogP contribution is 2.24. The molecule has 0 radical (unpaired) electrons. The minimum Gasteiger partial charge on any atom is -0.434 e. The predicted molar refractivity (Wildman–Crippen MR) is 81.7 cm³/mol. The van der Waals surface area contributed by atoms with E-state index in [1.54, 1.807) is 18.2 Å². The molecule has 0 heterocycles. The second-order valence-electron chi connectivity index (χ2n) is 5.63. The number of benzene rings is 1. The van der Waals surface area contributed by atoms with E-state index < -0.39 is 6.61 Å². The molecule has 1 fully saturated rings. The van der Waals surface area contributed by atoms with Gasteiger partial charge in [-0.05, 0) is 30.9 Å². The first-order chi connectivity index (χ1) is 10.6. The van der Waals surface area contributed by atoms with Crippen molar-refractivity contribution in [1.29, 1.82) is 0 Å². The van der Waals surface area contributed by atoms with Crippen LogP contribution in [0.2, 0.25) is 0 Å². The molecular weight excluding hydrogens is 288 g/mol. The van der Waals surface area contributed by atoms with Crippen LogP contribution >= 0.6 is 0 Å². The van der Waals surface area contributed by atoms with Crippen LogP contribution in [0.4, 0.5) is 8.78 Å². The van der Waals surface area contributed by atoms with Crippen molar-refractivity contribution in [2.24, 2.45) is 5.92 Å². The second-order valence-corrected chi connectivity index (χ2v) is 5.63. The average Bonchev–Trinajstić information content (AvgIpc) is 2.48. The van der Waals surface area contributed by atoms with Crippen LogP contribution in [0.25, 0.3) is 6.08 Å². The molecule has 1 aliphatic rings. The molecule has 120 valence electrons. The molecule has 2 unspecified atom stereocenters. The minimum atomic E-state index is -2.88. The number of carbonyl (C=O) groups excluding carboxylic acids is 1. The predicted octanol–water partition coefficient (Wildman–Crippen LogP) is 4.00. The Labute approximate surface area is 129 Å². The maximum Gasteiger partial charge on any atom is 0.387 e. The molecule has 0 spiro atoms. The van der Waals surface area contributed by atoms with Crippen LogP contribution in [0.15, 0.2) is 30.3 Å². The molecule has 0 bridgehead atoms. The van der Waals surface area contributed by atoms with E-state index in [2.05, 4.69) is 17.0 Å². The van der Waals surface area contributed by atoms with Gasteiger partial charge in [-0.1, -0.05) is 38.0 Å². The first-order valence-corrected chi connectivity index (χ1v) is 7.58. The highest BCUT2D eigenvalue weighted by atomic mass is 19.3. The topological polar surface area (TPSA) is 38.3 Å². The number of alkyl halides is 2. The quantitative estimate of drug-likeness (QED) is 0.835. The number of hydrogen-bond acceptors (Lipinski definition) is 2. The van der Waals surface area contributed by atoms with E-state index in [4.69, 9.17) is 0 Å². The van der Waals surface area contributed by atoms with E-state index in [1.165, 1.54) is 24.6 Å². The number of para-hydroxylation sites is 1. The molecule has 2 atom stereocenters. The summed E-state index contributed by atoms with van der Waals surface area (Å²) in [6.45, 7) is -0.744. The third-order valence-corrected chi connectivity index (χ3v) is 3.99. The summed E-state index contributed by atoms with van der Waals surface area (Å²) >= 11 is 0. The number of nitrogens with one attached hydrogen (secondary N) is 1. The van der Waals surface area contributed by atoms with Crippen molar-refractivity contribution >= 4 is 12.0 Å². The second kappa shape index (κ2) is 7.92. The smallest absolute Gasteiger partial charge is 0.387 e. The summed E-state index contributed by atoms with van der Waals surface area (Å²) in [6, 6.07) is 6.59. The largest absolute Gasteiger partial charge is 0.434 e. The molecule has 1 aliphatic carbocycles. The van der Waals surface area contributed by atoms with Gasteiger partial charge in [0.2, 0.25) is 5.91 Å². The fraction of sp³-hybridized carbons (Fsp3) is 0.471. The standard InChI is InChI=1S/C17H21F2NO2/c1-12-6-2-4-8-14(12)20-16(21)11-10-13-7-3-5-9-15(13)22-17(18)19/h3,5,7,9-12,14,17H,2,4,6,8H2,1H3,(H,20,21)/b11-10+. The van der Waals surface area contributed by atoms with Crippen molar-refractivity contribution in [3.63, 3.8) is 0 Å². The van der Waals surface area contributed by atoms with Gasteiger partial charge in [0.1, 0.15) is 5.75 Å². The van der Waals surface area contributed by atoms with Gasteiger partial charge in [-0.15, -0.1) is 0 Å². The maximum atomic E-state index is 12.3. The van der Waals surface area contributed by atoms with Crippen LogP contribution in [0.5, 0.6) is 5.75 Å². The Kier molecular flexibility index (Phi) is 5.92. The highest BCUT2D eigenvalue weighted by molar-refractivity contribution is 5.92. The fourth-order valence-corrected chi connectivity index (χ4v) is 2.75. The third kappa shape index (κ3) is 4.83. The normalized spacial score (nSPS) is 22.0. The van der Waals surface area contributed by atoms with Crippen molar-refractivity contribution in [1.82, 2.24) is 5.32 Å². The lowest BCUT2D eigenvalue weighted by Gasteiger charge is -2.29. The first-order valence-electron chi connectivity index (χ1n) is 7.58. The number of carbonyl (C=O) groups is 1. The number of amides is 1. The molecule has 0 aromatic heterocycles. The van der Waals surface area contributed by atoms with Crippen molar-refractivity contribution in [2.45, 2.75) is 45.3 Å². The lowest BCUT2D eigenvalue weighted by atomic mass is 9.86. The summed E-state index contributed by atoms with van der Waals surface area (Å²) in [6.07, 6.45) is 7.33. The number of rotatable bonds is 5. The van der Waals surface area contributed by atoms with Crippen LogP contribution in [0, 0.1) is 5.92 Å². The molecule has 1 amide bonds. The van der Waals surface area contributed by atoms with Crippen LogP contribution in [0.3, 0.4) is 0 Å². The fourth-order valence-electron chi connectivity index (χ4n) is 2.75. The van der Waals surface area contributed by atoms with Gasteiger partial charge in [0.25, 0.3) is 0 Å². The van der Waals surface area contributed by atoms with E-state index in [-0.39, 0.29) is 17.7 Å². The van der Waals surface area contributed by atoms with E-state index in [1.807, 2.05) is 0 Å². The van der Waals surface area contributed by atoms with E-state index >= 15 is 0 Å². The van der Waals surface area contributed by atoms with Crippen molar-refractivity contribution in [3.05, 3.63) is 35.9 Å². The molecule has 3 nitrogen and oxygen atoms in total. The molecule has 1 N–H and O–H groups in total. The molecular formula is C17H21F2NO2.